The number of fused-ring (bicyclic) bond motifs is 1. The molecule has 1 aliphatic heterocycles. The lowest BCUT2D eigenvalue weighted by atomic mass is 10.2. The standard InChI is InChI=1S/C19H22N4O3S/c1-13-7-9-14(10-8-13)27(25,26)23-11-3-6-17(23)19(24)22-18-15-4-2-5-16(15)20-12-21-18/h7-10,12,17H,2-6,11H2,1H3,(H,20,21,22,24). The number of nitrogens with one attached hydrogen (secondary N) is 1. The number of rotatable bonds is 4. The van der Waals surface area contributed by atoms with E-state index in [0.717, 1.165) is 36.1 Å². The first-order valence-electron chi connectivity index (χ1n) is 9.19. The Labute approximate surface area is 158 Å². The van der Waals surface area contributed by atoms with Crippen LogP contribution in [0.2, 0.25) is 0 Å². The number of carbonyl (C=O) groups excluding carboxylic acids is 1. The zero-order chi connectivity index (χ0) is 19.0. The van der Waals surface area contributed by atoms with Crippen LogP contribution >= 0.6 is 0 Å². The summed E-state index contributed by atoms with van der Waals surface area (Å²) in [6, 6.07) is 6.00. The Kier molecular flexibility index (Phi) is 4.69. The van der Waals surface area contributed by atoms with Crippen molar-refractivity contribution in [2.75, 3.05) is 11.9 Å². The highest BCUT2D eigenvalue weighted by Crippen LogP contribution is 2.29. The molecule has 1 atom stereocenters. The van der Waals surface area contributed by atoms with Crippen molar-refractivity contribution in [3.8, 4) is 0 Å². The van der Waals surface area contributed by atoms with Crippen molar-refractivity contribution >= 4 is 21.7 Å². The van der Waals surface area contributed by atoms with E-state index >= 15 is 0 Å². The van der Waals surface area contributed by atoms with Crippen LogP contribution in [0.15, 0.2) is 35.5 Å². The van der Waals surface area contributed by atoms with Gasteiger partial charge >= 0.3 is 0 Å². The van der Waals surface area contributed by atoms with Gasteiger partial charge in [-0.05, 0) is 51.2 Å². The zero-order valence-electron chi connectivity index (χ0n) is 15.2. The van der Waals surface area contributed by atoms with Crippen LogP contribution in [0, 0.1) is 6.92 Å². The van der Waals surface area contributed by atoms with E-state index in [4.69, 9.17) is 0 Å². The summed E-state index contributed by atoms with van der Waals surface area (Å²) in [5, 5.41) is 2.85. The Morgan fingerprint density at radius 2 is 1.93 bits per heavy atom. The maximum Gasteiger partial charge on any atom is 0.243 e. The first kappa shape index (κ1) is 18.1. The van der Waals surface area contributed by atoms with Crippen molar-refractivity contribution in [3.63, 3.8) is 0 Å². The van der Waals surface area contributed by atoms with Crippen molar-refractivity contribution in [2.45, 2.75) is 50.0 Å². The van der Waals surface area contributed by atoms with E-state index in [1.54, 1.807) is 24.3 Å². The molecule has 2 aromatic rings. The second kappa shape index (κ2) is 7.01. The normalized spacial score (nSPS) is 19.8. The summed E-state index contributed by atoms with van der Waals surface area (Å²) in [5.41, 5.74) is 2.93. The van der Waals surface area contributed by atoms with E-state index in [-0.39, 0.29) is 10.8 Å². The molecule has 0 bridgehead atoms. The Balaban J connectivity index is 1.57. The third-order valence-corrected chi connectivity index (χ3v) is 7.17. The molecule has 1 aliphatic carbocycles. The van der Waals surface area contributed by atoms with Crippen LogP contribution in [0.1, 0.15) is 36.1 Å². The summed E-state index contributed by atoms with van der Waals surface area (Å²) >= 11 is 0. The fourth-order valence-corrected chi connectivity index (χ4v) is 5.46. The number of carbonyl (C=O) groups is 1. The monoisotopic (exact) mass is 386 g/mol. The maximum absolute atomic E-state index is 13.0. The molecule has 7 nitrogen and oxygen atoms in total. The predicted octanol–water partition coefficient (Wildman–Crippen LogP) is 2.07. The molecule has 142 valence electrons. The van der Waals surface area contributed by atoms with Gasteiger partial charge in [0, 0.05) is 17.8 Å². The Morgan fingerprint density at radius 3 is 2.70 bits per heavy atom. The highest BCUT2D eigenvalue weighted by Gasteiger charge is 2.39. The van der Waals surface area contributed by atoms with Gasteiger partial charge in [-0.3, -0.25) is 4.79 Å². The smallest absolute Gasteiger partial charge is 0.243 e. The molecule has 1 amide bonds. The highest BCUT2D eigenvalue weighted by molar-refractivity contribution is 7.89. The minimum absolute atomic E-state index is 0.218. The number of anilines is 1. The van der Waals surface area contributed by atoms with Gasteiger partial charge in [0.25, 0.3) is 0 Å². The van der Waals surface area contributed by atoms with Crippen molar-refractivity contribution in [1.82, 2.24) is 14.3 Å². The van der Waals surface area contributed by atoms with Crippen LogP contribution in [-0.4, -0.2) is 41.2 Å². The van der Waals surface area contributed by atoms with Gasteiger partial charge in [-0.2, -0.15) is 4.31 Å². The van der Waals surface area contributed by atoms with Gasteiger partial charge in [0.05, 0.1) is 4.90 Å². The first-order valence-corrected chi connectivity index (χ1v) is 10.6. The summed E-state index contributed by atoms with van der Waals surface area (Å²) in [5.74, 6) is 0.193. The number of benzene rings is 1. The Bertz CT molecular complexity index is 973. The number of nitrogens with zero attached hydrogens (tertiary/aromatic N) is 3. The van der Waals surface area contributed by atoms with Gasteiger partial charge in [0.1, 0.15) is 18.2 Å². The molecule has 8 heteroatoms. The number of aromatic nitrogens is 2. The van der Waals surface area contributed by atoms with Gasteiger partial charge < -0.3 is 5.32 Å². The summed E-state index contributed by atoms with van der Waals surface area (Å²) in [4.78, 5) is 21.6. The minimum atomic E-state index is -3.71. The average molecular weight is 386 g/mol. The average Bonchev–Trinajstić information content (AvgIpc) is 3.32. The summed E-state index contributed by atoms with van der Waals surface area (Å²) < 4.78 is 27.4. The Hall–Kier alpha value is -2.32. The molecule has 1 saturated heterocycles. The SMILES string of the molecule is Cc1ccc(S(=O)(=O)N2CCCC2C(=O)Nc2ncnc3c2CCC3)cc1. The zero-order valence-corrected chi connectivity index (χ0v) is 16.0. The van der Waals surface area contributed by atoms with Crippen molar-refractivity contribution < 1.29 is 13.2 Å². The van der Waals surface area contributed by atoms with E-state index in [1.165, 1.54) is 10.6 Å². The fraction of sp³-hybridized carbons (Fsp3) is 0.421. The third kappa shape index (κ3) is 3.35. The maximum atomic E-state index is 13.0. The van der Waals surface area contributed by atoms with E-state index < -0.39 is 16.1 Å². The molecule has 27 heavy (non-hydrogen) atoms. The van der Waals surface area contributed by atoms with Crippen LogP contribution in [0.3, 0.4) is 0 Å². The van der Waals surface area contributed by atoms with Crippen LogP contribution in [-0.2, 0) is 27.7 Å². The first-order chi connectivity index (χ1) is 13.0. The summed E-state index contributed by atoms with van der Waals surface area (Å²) in [7, 11) is -3.71. The van der Waals surface area contributed by atoms with Crippen LogP contribution in [0.5, 0.6) is 0 Å². The highest BCUT2D eigenvalue weighted by atomic mass is 32.2. The lowest BCUT2D eigenvalue weighted by Crippen LogP contribution is -2.43. The topological polar surface area (TPSA) is 92.3 Å². The minimum Gasteiger partial charge on any atom is -0.309 e. The van der Waals surface area contributed by atoms with Gasteiger partial charge in [-0.25, -0.2) is 18.4 Å². The number of hydrogen-bond donors (Lipinski definition) is 1. The van der Waals surface area contributed by atoms with E-state index in [1.807, 2.05) is 6.92 Å². The molecule has 1 unspecified atom stereocenters. The lowest BCUT2D eigenvalue weighted by molar-refractivity contribution is -0.119. The Morgan fingerprint density at radius 1 is 1.15 bits per heavy atom. The van der Waals surface area contributed by atoms with Gasteiger partial charge in [-0.1, -0.05) is 17.7 Å². The third-order valence-electron chi connectivity index (χ3n) is 5.25. The van der Waals surface area contributed by atoms with Gasteiger partial charge in [-0.15, -0.1) is 0 Å². The number of hydrogen-bond acceptors (Lipinski definition) is 5. The van der Waals surface area contributed by atoms with Gasteiger partial charge in [0.2, 0.25) is 15.9 Å². The molecular formula is C19H22N4O3S. The van der Waals surface area contributed by atoms with E-state index in [9.17, 15) is 13.2 Å². The molecule has 2 heterocycles. The summed E-state index contributed by atoms with van der Waals surface area (Å²) in [6.45, 7) is 2.25. The molecule has 0 radical (unpaired) electrons. The number of amides is 1. The van der Waals surface area contributed by atoms with Crippen LogP contribution in [0.4, 0.5) is 5.82 Å². The van der Waals surface area contributed by atoms with Crippen molar-refractivity contribution in [1.29, 1.82) is 0 Å². The quantitative estimate of drug-likeness (QED) is 0.868. The number of sulfonamides is 1. The predicted molar refractivity (Wildman–Crippen MR) is 101 cm³/mol. The lowest BCUT2D eigenvalue weighted by Gasteiger charge is -2.23. The van der Waals surface area contributed by atoms with Crippen LogP contribution in [0.25, 0.3) is 0 Å². The van der Waals surface area contributed by atoms with Crippen molar-refractivity contribution in [3.05, 3.63) is 47.4 Å². The molecule has 1 N–H and O–H groups in total. The second-order valence-electron chi connectivity index (χ2n) is 7.08. The molecular weight excluding hydrogens is 364 g/mol. The number of aryl methyl sites for hydroxylation is 2. The fourth-order valence-electron chi connectivity index (χ4n) is 3.80. The van der Waals surface area contributed by atoms with Gasteiger partial charge in [0.15, 0.2) is 0 Å². The van der Waals surface area contributed by atoms with E-state index in [0.29, 0.717) is 25.2 Å². The molecule has 1 aromatic heterocycles. The molecule has 0 spiro atoms. The molecule has 1 fully saturated rings. The van der Waals surface area contributed by atoms with Crippen molar-refractivity contribution in [2.24, 2.45) is 0 Å². The summed E-state index contributed by atoms with van der Waals surface area (Å²) in [6.07, 6.45) is 5.33. The van der Waals surface area contributed by atoms with E-state index in [2.05, 4.69) is 15.3 Å². The second-order valence-corrected chi connectivity index (χ2v) is 8.97. The molecule has 2 aliphatic rings. The molecule has 0 saturated carbocycles. The molecule has 4 rings (SSSR count). The largest absolute Gasteiger partial charge is 0.309 e. The molecule has 1 aromatic carbocycles. The van der Waals surface area contributed by atoms with Crippen LogP contribution < -0.4 is 5.32 Å².